The lowest BCUT2D eigenvalue weighted by Crippen LogP contribution is -2.36. The minimum Gasteiger partial charge on any atom is -0.378 e. The molecular formula is C22H25N5O. The molecule has 1 aromatic heterocycles. The lowest BCUT2D eigenvalue weighted by Gasteiger charge is -2.30. The molecule has 6 nitrogen and oxygen atoms in total. The summed E-state index contributed by atoms with van der Waals surface area (Å²) in [5, 5.41) is 3.43. The normalized spacial score (nSPS) is 14.0. The maximum Gasteiger partial charge on any atom is 0.229 e. The van der Waals surface area contributed by atoms with E-state index in [0.29, 0.717) is 5.95 Å². The Morgan fingerprint density at radius 2 is 1.68 bits per heavy atom. The zero-order chi connectivity index (χ0) is 19.3. The fourth-order valence-electron chi connectivity index (χ4n) is 3.34. The quantitative estimate of drug-likeness (QED) is 0.724. The Kier molecular flexibility index (Phi) is 5.39. The summed E-state index contributed by atoms with van der Waals surface area (Å²) < 4.78 is 5.49. The summed E-state index contributed by atoms with van der Waals surface area (Å²) in [4.78, 5) is 13.7. The number of rotatable bonds is 5. The predicted molar refractivity (Wildman–Crippen MR) is 114 cm³/mol. The summed E-state index contributed by atoms with van der Waals surface area (Å²) in [5.41, 5.74) is 4.15. The number of benzene rings is 2. The highest BCUT2D eigenvalue weighted by Gasteiger charge is 2.16. The molecular weight excluding hydrogens is 350 g/mol. The Labute approximate surface area is 165 Å². The Morgan fingerprint density at radius 3 is 2.46 bits per heavy atom. The van der Waals surface area contributed by atoms with E-state index in [2.05, 4.69) is 50.4 Å². The summed E-state index contributed by atoms with van der Waals surface area (Å²) in [7, 11) is 2.02. The van der Waals surface area contributed by atoms with Gasteiger partial charge in [-0.05, 0) is 31.2 Å². The van der Waals surface area contributed by atoms with Crippen LogP contribution in [0.2, 0.25) is 0 Å². The van der Waals surface area contributed by atoms with Gasteiger partial charge in [-0.1, -0.05) is 30.3 Å². The van der Waals surface area contributed by atoms with E-state index < -0.39 is 0 Å². The van der Waals surface area contributed by atoms with Crippen molar-refractivity contribution in [3.63, 3.8) is 0 Å². The van der Waals surface area contributed by atoms with Crippen LogP contribution in [-0.2, 0) is 4.74 Å². The molecule has 0 radical (unpaired) electrons. The molecule has 0 saturated carbocycles. The molecule has 0 atom stereocenters. The van der Waals surface area contributed by atoms with E-state index in [1.165, 1.54) is 0 Å². The molecule has 2 aromatic carbocycles. The predicted octanol–water partition coefficient (Wildman–Crippen LogP) is 4.13. The molecule has 1 N–H and O–H groups in total. The van der Waals surface area contributed by atoms with Gasteiger partial charge in [-0.3, -0.25) is 0 Å². The molecule has 6 heteroatoms. The molecule has 28 heavy (non-hydrogen) atoms. The van der Waals surface area contributed by atoms with Crippen LogP contribution in [-0.4, -0.2) is 43.3 Å². The van der Waals surface area contributed by atoms with Crippen molar-refractivity contribution < 1.29 is 4.74 Å². The molecule has 0 aliphatic carbocycles. The maximum absolute atomic E-state index is 5.49. The minimum absolute atomic E-state index is 0.596. The highest BCUT2D eigenvalue weighted by molar-refractivity contribution is 5.74. The lowest BCUT2D eigenvalue weighted by molar-refractivity contribution is 0.123. The summed E-state index contributed by atoms with van der Waals surface area (Å²) in [5.74, 6) is 1.45. The van der Waals surface area contributed by atoms with E-state index in [4.69, 9.17) is 9.72 Å². The van der Waals surface area contributed by atoms with Crippen LogP contribution in [0.4, 0.5) is 28.8 Å². The first-order valence-corrected chi connectivity index (χ1v) is 9.54. The van der Waals surface area contributed by atoms with Gasteiger partial charge in [0.25, 0.3) is 0 Å². The van der Waals surface area contributed by atoms with Crippen molar-refractivity contribution in [2.45, 2.75) is 6.92 Å². The largest absolute Gasteiger partial charge is 0.378 e. The van der Waals surface area contributed by atoms with Gasteiger partial charge in [-0.2, -0.15) is 4.98 Å². The van der Waals surface area contributed by atoms with Gasteiger partial charge >= 0.3 is 0 Å². The second-order valence-corrected chi connectivity index (χ2v) is 6.83. The maximum atomic E-state index is 5.49. The van der Waals surface area contributed by atoms with Crippen molar-refractivity contribution in [2.24, 2.45) is 0 Å². The first-order valence-electron chi connectivity index (χ1n) is 9.54. The van der Waals surface area contributed by atoms with Gasteiger partial charge in [0.05, 0.1) is 24.6 Å². The Balaban J connectivity index is 1.62. The first-order chi connectivity index (χ1) is 13.7. The number of anilines is 5. The van der Waals surface area contributed by atoms with Crippen molar-refractivity contribution >= 4 is 28.8 Å². The number of hydrogen-bond donors (Lipinski definition) is 1. The third-order valence-electron chi connectivity index (χ3n) is 4.83. The highest BCUT2D eigenvalue weighted by atomic mass is 16.5. The number of para-hydroxylation sites is 3. The van der Waals surface area contributed by atoms with Crippen molar-refractivity contribution in [2.75, 3.05) is 48.5 Å². The molecule has 3 aromatic rings. The van der Waals surface area contributed by atoms with E-state index in [0.717, 1.165) is 54.9 Å². The van der Waals surface area contributed by atoms with Crippen molar-refractivity contribution in [1.29, 1.82) is 0 Å². The fourth-order valence-corrected chi connectivity index (χ4v) is 3.34. The number of hydrogen-bond acceptors (Lipinski definition) is 6. The van der Waals surface area contributed by atoms with Crippen molar-refractivity contribution in [1.82, 2.24) is 9.97 Å². The standard InChI is InChI=1S/C22H25N5O/c1-17-16-21(26(2)18-8-4-3-5-9-18)25-22(23-17)24-19-10-6-7-11-20(19)27-12-14-28-15-13-27/h3-11,16H,12-15H2,1-2H3,(H,23,24,25). The molecule has 1 aliphatic rings. The average molecular weight is 375 g/mol. The molecule has 0 bridgehead atoms. The van der Waals surface area contributed by atoms with Crippen LogP contribution in [0.5, 0.6) is 0 Å². The second kappa shape index (κ2) is 8.27. The molecule has 2 heterocycles. The number of nitrogens with zero attached hydrogens (tertiary/aromatic N) is 4. The summed E-state index contributed by atoms with van der Waals surface area (Å²) in [6.45, 7) is 5.26. The van der Waals surface area contributed by atoms with E-state index in [-0.39, 0.29) is 0 Å². The highest BCUT2D eigenvalue weighted by Crippen LogP contribution is 2.29. The Hall–Kier alpha value is -3.12. The Morgan fingerprint density at radius 1 is 0.964 bits per heavy atom. The SMILES string of the molecule is Cc1cc(N(C)c2ccccc2)nc(Nc2ccccc2N2CCOCC2)n1. The third kappa shape index (κ3) is 4.07. The van der Waals surface area contributed by atoms with Crippen LogP contribution >= 0.6 is 0 Å². The molecule has 1 saturated heterocycles. The number of aryl methyl sites for hydroxylation is 1. The van der Waals surface area contributed by atoms with E-state index in [9.17, 15) is 0 Å². The smallest absolute Gasteiger partial charge is 0.229 e. The van der Waals surface area contributed by atoms with E-state index in [1.807, 2.05) is 44.3 Å². The zero-order valence-electron chi connectivity index (χ0n) is 16.3. The van der Waals surface area contributed by atoms with Gasteiger partial charge in [0.15, 0.2) is 0 Å². The number of aromatic nitrogens is 2. The molecule has 1 fully saturated rings. The van der Waals surface area contributed by atoms with Crippen LogP contribution < -0.4 is 15.1 Å². The van der Waals surface area contributed by atoms with Crippen molar-refractivity contribution in [3.05, 3.63) is 66.4 Å². The van der Waals surface area contributed by atoms with Gasteiger partial charge in [-0.25, -0.2) is 4.98 Å². The number of ether oxygens (including phenoxy) is 1. The van der Waals surface area contributed by atoms with Crippen molar-refractivity contribution in [3.8, 4) is 0 Å². The molecule has 4 rings (SSSR count). The minimum atomic E-state index is 0.596. The van der Waals surface area contributed by atoms with Gasteiger partial charge in [0.2, 0.25) is 5.95 Å². The molecule has 0 spiro atoms. The molecule has 0 unspecified atom stereocenters. The van der Waals surface area contributed by atoms with Crippen LogP contribution in [0.1, 0.15) is 5.69 Å². The van der Waals surface area contributed by atoms with Gasteiger partial charge in [0.1, 0.15) is 5.82 Å². The molecule has 144 valence electrons. The first kappa shape index (κ1) is 18.3. The monoisotopic (exact) mass is 375 g/mol. The summed E-state index contributed by atoms with van der Waals surface area (Å²) in [6.07, 6.45) is 0. The molecule has 1 aliphatic heterocycles. The second-order valence-electron chi connectivity index (χ2n) is 6.83. The van der Waals surface area contributed by atoms with Gasteiger partial charge in [0, 0.05) is 37.6 Å². The Bertz CT molecular complexity index is 925. The third-order valence-corrected chi connectivity index (χ3v) is 4.83. The average Bonchev–Trinajstić information content (AvgIpc) is 2.74. The lowest BCUT2D eigenvalue weighted by atomic mass is 10.2. The fraction of sp³-hybridized carbons (Fsp3) is 0.273. The van der Waals surface area contributed by atoms with Crippen LogP contribution in [0.25, 0.3) is 0 Å². The van der Waals surface area contributed by atoms with E-state index in [1.54, 1.807) is 0 Å². The molecule has 0 amide bonds. The number of morpholine rings is 1. The van der Waals surface area contributed by atoms with Crippen LogP contribution in [0.3, 0.4) is 0 Å². The van der Waals surface area contributed by atoms with Crippen LogP contribution in [0.15, 0.2) is 60.7 Å². The van der Waals surface area contributed by atoms with E-state index >= 15 is 0 Å². The topological polar surface area (TPSA) is 53.5 Å². The summed E-state index contributed by atoms with van der Waals surface area (Å²) in [6, 6.07) is 20.5. The van der Waals surface area contributed by atoms with Gasteiger partial charge < -0.3 is 19.9 Å². The number of nitrogens with one attached hydrogen (secondary N) is 1. The summed E-state index contributed by atoms with van der Waals surface area (Å²) >= 11 is 0. The zero-order valence-corrected chi connectivity index (χ0v) is 16.3. The van der Waals surface area contributed by atoms with Gasteiger partial charge in [-0.15, -0.1) is 0 Å². The van der Waals surface area contributed by atoms with Crippen LogP contribution in [0, 0.1) is 6.92 Å².